The highest BCUT2D eigenvalue weighted by molar-refractivity contribution is 7.91. The highest BCUT2D eigenvalue weighted by Crippen LogP contribution is 2.30. The zero-order valence-corrected chi connectivity index (χ0v) is 10.7. The van der Waals surface area contributed by atoms with Crippen molar-refractivity contribution in [3.8, 4) is 0 Å². The highest BCUT2D eigenvalue weighted by atomic mass is 32.2. The summed E-state index contributed by atoms with van der Waals surface area (Å²) in [6.07, 6.45) is -3.32. The van der Waals surface area contributed by atoms with E-state index in [1.807, 2.05) is 0 Å². The molecule has 2 unspecified atom stereocenters. The lowest BCUT2D eigenvalue weighted by molar-refractivity contribution is -0.192. The van der Waals surface area contributed by atoms with Crippen molar-refractivity contribution in [1.29, 1.82) is 0 Å². The predicted octanol–water partition coefficient (Wildman–Crippen LogP) is 0.400. The predicted molar refractivity (Wildman–Crippen MR) is 61.1 cm³/mol. The zero-order chi connectivity index (χ0) is 13.4. The summed E-state index contributed by atoms with van der Waals surface area (Å²) in [5.74, 6) is -0.0359. The van der Waals surface area contributed by atoms with Gasteiger partial charge < -0.3 is 5.32 Å². The Hall–Kier alpha value is -0.340. The quantitative estimate of drug-likeness (QED) is 0.758. The topological polar surface area (TPSA) is 49.4 Å². The Morgan fingerprint density at radius 1 is 1.28 bits per heavy atom. The van der Waals surface area contributed by atoms with E-state index in [4.69, 9.17) is 0 Å². The third-order valence-electron chi connectivity index (χ3n) is 3.57. The van der Waals surface area contributed by atoms with Crippen LogP contribution in [0.25, 0.3) is 0 Å². The third-order valence-corrected chi connectivity index (χ3v) is 5.37. The first-order chi connectivity index (χ1) is 8.30. The Morgan fingerprint density at radius 2 is 2.00 bits per heavy atom. The fraction of sp³-hybridized carbons (Fsp3) is 1.00. The maximum Gasteiger partial charge on any atom is 0.405 e. The van der Waals surface area contributed by atoms with Crippen molar-refractivity contribution in [3.05, 3.63) is 0 Å². The van der Waals surface area contributed by atoms with E-state index in [0.29, 0.717) is 19.4 Å². The summed E-state index contributed by atoms with van der Waals surface area (Å²) in [5.41, 5.74) is 0. The van der Waals surface area contributed by atoms with Gasteiger partial charge in [-0.25, -0.2) is 8.42 Å². The Morgan fingerprint density at radius 3 is 2.61 bits per heavy atom. The van der Waals surface area contributed by atoms with Gasteiger partial charge in [-0.1, -0.05) is 0 Å². The van der Waals surface area contributed by atoms with E-state index >= 15 is 0 Å². The molecule has 2 fully saturated rings. The first-order valence-electron chi connectivity index (χ1n) is 6.03. The number of rotatable bonds is 1. The number of sulfone groups is 1. The number of hydrogen-bond acceptors (Lipinski definition) is 4. The van der Waals surface area contributed by atoms with Crippen LogP contribution in [-0.2, 0) is 9.84 Å². The van der Waals surface area contributed by atoms with Gasteiger partial charge in [0.05, 0.1) is 11.5 Å². The molecule has 0 bridgehead atoms. The summed E-state index contributed by atoms with van der Waals surface area (Å²) in [6, 6.07) is -2.05. The molecule has 0 amide bonds. The normalized spacial score (nSPS) is 34.4. The van der Waals surface area contributed by atoms with E-state index in [2.05, 4.69) is 5.32 Å². The molecule has 106 valence electrons. The van der Waals surface area contributed by atoms with Gasteiger partial charge in [0.15, 0.2) is 9.84 Å². The van der Waals surface area contributed by atoms with Gasteiger partial charge in [0.25, 0.3) is 0 Å². The Labute approximate surface area is 104 Å². The largest absolute Gasteiger partial charge is 0.405 e. The average molecular weight is 286 g/mol. The smallest absolute Gasteiger partial charge is 0.314 e. The monoisotopic (exact) mass is 286 g/mol. The first kappa shape index (κ1) is 14.1. The molecule has 2 atom stereocenters. The minimum atomic E-state index is -4.31. The molecule has 0 saturated carbocycles. The van der Waals surface area contributed by atoms with Gasteiger partial charge in [-0.2, -0.15) is 13.2 Å². The van der Waals surface area contributed by atoms with Crippen LogP contribution in [0, 0.1) is 0 Å². The highest BCUT2D eigenvalue weighted by Gasteiger charge is 2.47. The van der Waals surface area contributed by atoms with Crippen molar-refractivity contribution >= 4 is 9.84 Å². The third kappa shape index (κ3) is 3.16. The maximum atomic E-state index is 12.9. The molecule has 4 nitrogen and oxygen atoms in total. The Bertz CT molecular complexity index is 396. The zero-order valence-electron chi connectivity index (χ0n) is 9.91. The minimum Gasteiger partial charge on any atom is -0.314 e. The average Bonchev–Trinajstić information content (AvgIpc) is 2.26. The number of piperazine rings is 1. The van der Waals surface area contributed by atoms with E-state index in [9.17, 15) is 21.6 Å². The molecule has 0 spiro atoms. The second-order valence-electron chi connectivity index (χ2n) is 4.91. The molecule has 2 saturated heterocycles. The van der Waals surface area contributed by atoms with Crippen LogP contribution in [0.4, 0.5) is 13.2 Å². The van der Waals surface area contributed by atoms with Crippen molar-refractivity contribution in [2.75, 3.05) is 31.1 Å². The second-order valence-corrected chi connectivity index (χ2v) is 7.14. The van der Waals surface area contributed by atoms with Crippen LogP contribution >= 0.6 is 0 Å². The fourth-order valence-electron chi connectivity index (χ4n) is 2.72. The molecule has 0 aromatic heterocycles. The number of alkyl halides is 3. The fourth-order valence-corrected chi connectivity index (χ4v) is 4.44. The van der Waals surface area contributed by atoms with Crippen LogP contribution in [0.3, 0.4) is 0 Å². The molecule has 0 aromatic rings. The molecule has 0 radical (unpaired) electrons. The molecule has 1 N–H and O–H groups in total. The summed E-state index contributed by atoms with van der Waals surface area (Å²) in [6.45, 7) is 0.577. The number of nitrogens with zero attached hydrogens (tertiary/aromatic N) is 1. The van der Waals surface area contributed by atoms with Crippen molar-refractivity contribution in [2.24, 2.45) is 0 Å². The molecule has 2 aliphatic rings. The van der Waals surface area contributed by atoms with Crippen molar-refractivity contribution in [3.63, 3.8) is 0 Å². The van der Waals surface area contributed by atoms with Gasteiger partial charge in [-0.05, 0) is 12.8 Å². The first-order valence-corrected chi connectivity index (χ1v) is 7.85. The van der Waals surface area contributed by atoms with Crippen molar-refractivity contribution in [2.45, 2.75) is 31.1 Å². The number of hydrogen-bond donors (Lipinski definition) is 1. The van der Waals surface area contributed by atoms with E-state index in [1.54, 1.807) is 0 Å². The van der Waals surface area contributed by atoms with Crippen LogP contribution in [0.5, 0.6) is 0 Å². The Kier molecular flexibility index (Phi) is 3.89. The summed E-state index contributed by atoms with van der Waals surface area (Å²) in [7, 11) is -3.18. The van der Waals surface area contributed by atoms with Gasteiger partial charge in [0.1, 0.15) is 6.04 Å². The van der Waals surface area contributed by atoms with E-state index in [0.717, 1.165) is 0 Å². The summed E-state index contributed by atoms with van der Waals surface area (Å²) in [4.78, 5) is 1.33. The summed E-state index contributed by atoms with van der Waals surface area (Å²) < 4.78 is 61.8. The van der Waals surface area contributed by atoms with E-state index < -0.39 is 28.1 Å². The molecule has 2 aliphatic heterocycles. The molecule has 8 heteroatoms. The summed E-state index contributed by atoms with van der Waals surface area (Å²) >= 11 is 0. The van der Waals surface area contributed by atoms with Gasteiger partial charge in [0, 0.05) is 25.7 Å². The summed E-state index contributed by atoms with van der Waals surface area (Å²) in [5, 5.41) is 2.72. The lowest BCUT2D eigenvalue weighted by atomic mass is 10.1. The number of nitrogens with one attached hydrogen (secondary N) is 1. The SMILES string of the molecule is O=S1(=O)CCCC(N2CCNCC2C(F)(F)F)C1. The molecular weight excluding hydrogens is 269 g/mol. The van der Waals surface area contributed by atoms with Crippen LogP contribution in [0.1, 0.15) is 12.8 Å². The van der Waals surface area contributed by atoms with Crippen LogP contribution in [0.2, 0.25) is 0 Å². The Balaban J connectivity index is 2.14. The van der Waals surface area contributed by atoms with Crippen molar-refractivity contribution in [1.82, 2.24) is 10.2 Å². The van der Waals surface area contributed by atoms with E-state index in [-0.39, 0.29) is 24.6 Å². The maximum absolute atomic E-state index is 12.9. The van der Waals surface area contributed by atoms with Crippen molar-refractivity contribution < 1.29 is 21.6 Å². The van der Waals surface area contributed by atoms with Gasteiger partial charge in [-0.15, -0.1) is 0 Å². The minimum absolute atomic E-state index is 0.103. The van der Waals surface area contributed by atoms with Crippen LogP contribution in [0.15, 0.2) is 0 Å². The molecule has 2 rings (SSSR count). The van der Waals surface area contributed by atoms with Gasteiger partial charge in [0.2, 0.25) is 0 Å². The van der Waals surface area contributed by atoms with Crippen LogP contribution < -0.4 is 5.32 Å². The molecule has 2 heterocycles. The second kappa shape index (κ2) is 4.97. The molecule has 18 heavy (non-hydrogen) atoms. The molecular formula is C10H17F3N2O2S. The molecule has 0 aliphatic carbocycles. The lowest BCUT2D eigenvalue weighted by Crippen LogP contribution is -2.62. The van der Waals surface area contributed by atoms with Crippen LogP contribution in [-0.4, -0.2) is 62.7 Å². The van der Waals surface area contributed by atoms with Gasteiger partial charge in [-0.3, -0.25) is 4.90 Å². The van der Waals surface area contributed by atoms with E-state index in [1.165, 1.54) is 4.90 Å². The standard InChI is InChI=1S/C10H17F3N2O2S/c11-10(12,13)9-6-14-3-4-15(9)8-2-1-5-18(16,17)7-8/h8-9,14H,1-7H2. The lowest BCUT2D eigenvalue weighted by Gasteiger charge is -2.43. The van der Waals surface area contributed by atoms with Gasteiger partial charge >= 0.3 is 6.18 Å². The number of halogens is 3. The molecule has 0 aromatic carbocycles.